The van der Waals surface area contributed by atoms with E-state index in [9.17, 15) is 5.11 Å². The fourth-order valence-electron chi connectivity index (χ4n) is 2.10. The largest absolute Gasteiger partial charge is 0.393 e. The standard InChI is InChI=1S/C16H21N3O/c1-13(20)16(2,10-14-6-4-3-5-7-14)12-19-15-11-17-8-9-18-15/h3-9,11,13,20H,10,12H2,1-2H3,(H,18,19)/t13-,16+/m0/s1. The maximum atomic E-state index is 10.1. The number of benzene rings is 1. The number of nitrogens with zero attached hydrogens (tertiary/aromatic N) is 2. The number of nitrogens with one attached hydrogen (secondary N) is 1. The molecule has 1 heterocycles. The van der Waals surface area contributed by atoms with E-state index < -0.39 is 6.10 Å². The van der Waals surface area contributed by atoms with Gasteiger partial charge in [0.1, 0.15) is 5.82 Å². The summed E-state index contributed by atoms with van der Waals surface area (Å²) < 4.78 is 0. The van der Waals surface area contributed by atoms with E-state index in [-0.39, 0.29) is 5.41 Å². The van der Waals surface area contributed by atoms with Gasteiger partial charge in [0.2, 0.25) is 0 Å². The summed E-state index contributed by atoms with van der Waals surface area (Å²) in [6.45, 7) is 4.55. The molecule has 0 saturated heterocycles. The van der Waals surface area contributed by atoms with Gasteiger partial charge in [-0.15, -0.1) is 0 Å². The zero-order valence-electron chi connectivity index (χ0n) is 12.0. The van der Waals surface area contributed by atoms with E-state index in [1.807, 2.05) is 25.1 Å². The van der Waals surface area contributed by atoms with Crippen molar-refractivity contribution in [2.75, 3.05) is 11.9 Å². The van der Waals surface area contributed by atoms with Crippen LogP contribution in [0.4, 0.5) is 5.82 Å². The van der Waals surface area contributed by atoms with E-state index in [2.05, 4.69) is 34.3 Å². The summed E-state index contributed by atoms with van der Waals surface area (Å²) >= 11 is 0. The highest BCUT2D eigenvalue weighted by atomic mass is 16.3. The van der Waals surface area contributed by atoms with Crippen LogP contribution in [0, 0.1) is 5.41 Å². The molecule has 2 atom stereocenters. The maximum absolute atomic E-state index is 10.1. The van der Waals surface area contributed by atoms with E-state index in [0.29, 0.717) is 6.54 Å². The molecule has 1 aromatic heterocycles. The Hall–Kier alpha value is -1.94. The van der Waals surface area contributed by atoms with Gasteiger partial charge in [0, 0.05) is 24.4 Å². The molecule has 2 aromatic rings. The highest BCUT2D eigenvalue weighted by molar-refractivity contribution is 5.30. The van der Waals surface area contributed by atoms with Crippen LogP contribution in [0.15, 0.2) is 48.9 Å². The molecule has 2 rings (SSSR count). The summed E-state index contributed by atoms with van der Waals surface area (Å²) in [4.78, 5) is 8.22. The molecule has 0 unspecified atom stereocenters. The lowest BCUT2D eigenvalue weighted by Crippen LogP contribution is -2.39. The summed E-state index contributed by atoms with van der Waals surface area (Å²) in [7, 11) is 0. The average Bonchev–Trinajstić information content (AvgIpc) is 2.47. The van der Waals surface area contributed by atoms with Crippen LogP contribution in [-0.4, -0.2) is 27.7 Å². The molecule has 0 amide bonds. The highest BCUT2D eigenvalue weighted by Gasteiger charge is 2.30. The minimum Gasteiger partial charge on any atom is -0.393 e. The normalized spacial score (nSPS) is 15.3. The lowest BCUT2D eigenvalue weighted by Gasteiger charge is -2.33. The van der Waals surface area contributed by atoms with E-state index in [1.165, 1.54) is 5.56 Å². The number of rotatable bonds is 6. The van der Waals surface area contributed by atoms with E-state index in [0.717, 1.165) is 12.2 Å². The summed E-state index contributed by atoms with van der Waals surface area (Å²) in [6, 6.07) is 10.2. The Labute approximate surface area is 119 Å². The molecule has 0 bridgehead atoms. The Kier molecular flexibility index (Phi) is 4.69. The summed E-state index contributed by atoms with van der Waals surface area (Å²) in [5.41, 5.74) is 0.954. The van der Waals surface area contributed by atoms with E-state index in [1.54, 1.807) is 18.6 Å². The van der Waals surface area contributed by atoms with Crippen molar-refractivity contribution in [1.29, 1.82) is 0 Å². The molecule has 106 valence electrons. The molecule has 0 radical (unpaired) electrons. The first-order valence-electron chi connectivity index (χ1n) is 6.82. The number of hydrogen-bond donors (Lipinski definition) is 2. The van der Waals surface area contributed by atoms with Crippen molar-refractivity contribution in [2.45, 2.75) is 26.4 Å². The molecule has 0 spiro atoms. The van der Waals surface area contributed by atoms with Gasteiger partial charge in [0.25, 0.3) is 0 Å². The van der Waals surface area contributed by atoms with Crippen molar-refractivity contribution in [3.05, 3.63) is 54.5 Å². The van der Waals surface area contributed by atoms with Gasteiger partial charge in [0.15, 0.2) is 0 Å². The average molecular weight is 271 g/mol. The summed E-state index contributed by atoms with van der Waals surface area (Å²) in [5.74, 6) is 0.729. The predicted molar refractivity (Wildman–Crippen MR) is 80.5 cm³/mol. The van der Waals surface area contributed by atoms with Crippen LogP contribution >= 0.6 is 0 Å². The Morgan fingerprint density at radius 1 is 1.25 bits per heavy atom. The second-order valence-electron chi connectivity index (χ2n) is 5.44. The molecular formula is C16H21N3O. The van der Waals surface area contributed by atoms with Gasteiger partial charge in [-0.25, -0.2) is 4.98 Å². The molecule has 2 N–H and O–H groups in total. The Bertz CT molecular complexity index is 516. The SMILES string of the molecule is C[C@H](O)[C@@](C)(CNc1cnccn1)Cc1ccccc1. The van der Waals surface area contributed by atoms with Crippen LogP contribution in [0.2, 0.25) is 0 Å². The first kappa shape index (κ1) is 14.5. The molecule has 0 aliphatic heterocycles. The third kappa shape index (κ3) is 3.78. The van der Waals surface area contributed by atoms with Crippen LogP contribution in [0.5, 0.6) is 0 Å². The maximum Gasteiger partial charge on any atom is 0.144 e. The zero-order chi connectivity index (χ0) is 14.4. The monoisotopic (exact) mass is 271 g/mol. The number of aliphatic hydroxyl groups is 1. The molecule has 0 saturated carbocycles. The predicted octanol–water partition coefficient (Wildman–Crippen LogP) is 2.52. The van der Waals surface area contributed by atoms with Crippen molar-refractivity contribution in [1.82, 2.24) is 9.97 Å². The fourth-order valence-corrected chi connectivity index (χ4v) is 2.10. The minimum absolute atomic E-state index is 0.265. The van der Waals surface area contributed by atoms with Gasteiger partial charge in [-0.05, 0) is 18.9 Å². The van der Waals surface area contributed by atoms with Crippen LogP contribution in [0.3, 0.4) is 0 Å². The van der Waals surface area contributed by atoms with Gasteiger partial charge in [-0.1, -0.05) is 37.3 Å². The summed E-state index contributed by atoms with van der Waals surface area (Å²) in [5, 5.41) is 13.4. The van der Waals surface area contributed by atoms with Gasteiger partial charge in [-0.2, -0.15) is 0 Å². The lowest BCUT2D eigenvalue weighted by atomic mass is 9.79. The second-order valence-corrected chi connectivity index (χ2v) is 5.44. The highest BCUT2D eigenvalue weighted by Crippen LogP contribution is 2.27. The Morgan fingerprint density at radius 2 is 2.00 bits per heavy atom. The van der Waals surface area contributed by atoms with Gasteiger partial charge < -0.3 is 10.4 Å². The first-order chi connectivity index (χ1) is 9.60. The summed E-state index contributed by atoms with van der Waals surface area (Å²) in [6.07, 6.45) is 5.36. The van der Waals surface area contributed by atoms with Crippen molar-refractivity contribution >= 4 is 5.82 Å². The molecule has 0 aliphatic carbocycles. The van der Waals surface area contributed by atoms with Crippen LogP contribution in [0.1, 0.15) is 19.4 Å². The molecule has 4 heteroatoms. The van der Waals surface area contributed by atoms with Crippen molar-refractivity contribution in [3.63, 3.8) is 0 Å². The molecule has 1 aromatic carbocycles. The number of aliphatic hydroxyl groups excluding tert-OH is 1. The van der Waals surface area contributed by atoms with Crippen molar-refractivity contribution in [3.8, 4) is 0 Å². The van der Waals surface area contributed by atoms with E-state index in [4.69, 9.17) is 0 Å². The third-order valence-corrected chi connectivity index (χ3v) is 3.70. The smallest absolute Gasteiger partial charge is 0.144 e. The topological polar surface area (TPSA) is 58.0 Å². The lowest BCUT2D eigenvalue weighted by molar-refractivity contribution is 0.0619. The minimum atomic E-state index is -0.424. The van der Waals surface area contributed by atoms with Crippen molar-refractivity contribution in [2.24, 2.45) is 5.41 Å². The van der Waals surface area contributed by atoms with Crippen LogP contribution < -0.4 is 5.32 Å². The molecular weight excluding hydrogens is 250 g/mol. The number of anilines is 1. The molecule has 0 aliphatic rings. The van der Waals surface area contributed by atoms with E-state index >= 15 is 0 Å². The zero-order valence-corrected chi connectivity index (χ0v) is 12.0. The second kappa shape index (κ2) is 6.48. The Balaban J connectivity index is 2.05. The number of aromatic nitrogens is 2. The first-order valence-corrected chi connectivity index (χ1v) is 6.82. The Morgan fingerprint density at radius 3 is 2.60 bits per heavy atom. The van der Waals surface area contributed by atoms with Crippen LogP contribution in [0.25, 0.3) is 0 Å². The third-order valence-electron chi connectivity index (χ3n) is 3.70. The van der Waals surface area contributed by atoms with Gasteiger partial charge in [-0.3, -0.25) is 4.98 Å². The van der Waals surface area contributed by atoms with Crippen LogP contribution in [-0.2, 0) is 6.42 Å². The quantitative estimate of drug-likeness (QED) is 0.847. The number of hydrogen-bond acceptors (Lipinski definition) is 4. The molecule has 4 nitrogen and oxygen atoms in total. The fraction of sp³-hybridized carbons (Fsp3) is 0.375. The van der Waals surface area contributed by atoms with Gasteiger partial charge >= 0.3 is 0 Å². The molecule has 0 fully saturated rings. The van der Waals surface area contributed by atoms with Gasteiger partial charge in [0.05, 0.1) is 12.3 Å². The van der Waals surface area contributed by atoms with Crippen molar-refractivity contribution < 1.29 is 5.11 Å². The molecule has 20 heavy (non-hydrogen) atoms.